The maximum atomic E-state index is 12.9. The van der Waals surface area contributed by atoms with Gasteiger partial charge in [0.2, 0.25) is 0 Å². The van der Waals surface area contributed by atoms with Gasteiger partial charge in [0.1, 0.15) is 0 Å². The molecule has 3 rings (SSSR count). The molecule has 0 bridgehead atoms. The van der Waals surface area contributed by atoms with Crippen molar-refractivity contribution in [2.75, 3.05) is 4.90 Å². The Morgan fingerprint density at radius 3 is 2.25 bits per heavy atom. The molecular formula is C17H12BrClN2O3. The van der Waals surface area contributed by atoms with E-state index in [1.807, 2.05) is 30.3 Å². The molecule has 0 spiro atoms. The van der Waals surface area contributed by atoms with Crippen LogP contribution in [0.1, 0.15) is 5.56 Å². The van der Waals surface area contributed by atoms with Crippen LogP contribution in [0.15, 0.2) is 54.6 Å². The minimum Gasteiger partial charge on any atom is -0.276 e. The lowest BCUT2D eigenvalue weighted by Gasteiger charge is -2.35. The molecule has 0 aromatic heterocycles. The minimum absolute atomic E-state index is 0.121. The fourth-order valence-electron chi connectivity index (χ4n) is 2.48. The summed E-state index contributed by atoms with van der Waals surface area (Å²) in [4.78, 5) is 38.3. The Balaban J connectivity index is 1.98. The Morgan fingerprint density at radius 2 is 1.62 bits per heavy atom. The molecule has 24 heavy (non-hydrogen) atoms. The summed E-state index contributed by atoms with van der Waals surface area (Å²) in [5, 5.41) is 2.71. The van der Waals surface area contributed by atoms with E-state index in [0.717, 1.165) is 10.5 Å². The van der Waals surface area contributed by atoms with Crippen LogP contribution < -0.4 is 10.2 Å². The number of carbonyl (C=O) groups excluding carboxylic acids is 3. The van der Waals surface area contributed by atoms with Gasteiger partial charge in [-0.3, -0.25) is 14.9 Å². The molecule has 1 unspecified atom stereocenters. The molecule has 1 heterocycles. The summed E-state index contributed by atoms with van der Waals surface area (Å²) < 4.78 is -1.55. The van der Waals surface area contributed by atoms with E-state index in [0.29, 0.717) is 10.7 Å². The number of alkyl halides is 1. The number of halogens is 2. The predicted octanol–water partition coefficient (Wildman–Crippen LogP) is 3.30. The second kappa shape index (κ2) is 6.37. The van der Waals surface area contributed by atoms with Crippen LogP contribution in [0.3, 0.4) is 0 Å². The highest BCUT2D eigenvalue weighted by atomic mass is 79.9. The molecule has 0 radical (unpaired) electrons. The lowest BCUT2D eigenvalue weighted by Crippen LogP contribution is -2.66. The van der Waals surface area contributed by atoms with Crippen molar-refractivity contribution in [2.45, 2.75) is 10.7 Å². The molecule has 0 saturated carbocycles. The van der Waals surface area contributed by atoms with Crippen molar-refractivity contribution in [1.29, 1.82) is 0 Å². The fourth-order valence-corrected chi connectivity index (χ4v) is 3.20. The normalized spacial score (nSPS) is 20.9. The van der Waals surface area contributed by atoms with E-state index < -0.39 is 22.2 Å². The van der Waals surface area contributed by atoms with Crippen LogP contribution in [-0.4, -0.2) is 22.2 Å². The molecule has 4 amide bonds. The Hall–Kier alpha value is -2.18. The number of anilines is 1. The zero-order valence-electron chi connectivity index (χ0n) is 12.3. The number of amides is 4. The fraction of sp³-hybridized carbons (Fsp3) is 0.118. The van der Waals surface area contributed by atoms with Gasteiger partial charge in [-0.2, -0.15) is 0 Å². The second-order valence-electron chi connectivity index (χ2n) is 5.34. The Labute approximate surface area is 151 Å². The number of imide groups is 2. The lowest BCUT2D eigenvalue weighted by atomic mass is 9.95. The summed E-state index contributed by atoms with van der Waals surface area (Å²) in [7, 11) is 0. The van der Waals surface area contributed by atoms with Gasteiger partial charge in [-0.25, -0.2) is 9.69 Å². The SMILES string of the molecule is O=C1NC(=O)C(Br)(Cc2ccccc2)C(=O)N1c1ccc(Cl)cc1. The number of benzene rings is 2. The van der Waals surface area contributed by atoms with Crippen LogP contribution in [-0.2, 0) is 16.0 Å². The molecule has 1 atom stereocenters. The Bertz CT molecular complexity index is 810. The third-order valence-electron chi connectivity index (χ3n) is 3.70. The van der Waals surface area contributed by atoms with Crippen molar-refractivity contribution in [3.63, 3.8) is 0 Å². The van der Waals surface area contributed by atoms with Gasteiger partial charge >= 0.3 is 6.03 Å². The first-order chi connectivity index (χ1) is 11.4. The van der Waals surface area contributed by atoms with Crippen molar-refractivity contribution in [3.8, 4) is 0 Å². The molecular weight excluding hydrogens is 396 g/mol. The van der Waals surface area contributed by atoms with Crippen LogP contribution in [0.2, 0.25) is 5.02 Å². The highest BCUT2D eigenvalue weighted by Gasteiger charge is 2.52. The second-order valence-corrected chi connectivity index (χ2v) is 7.13. The zero-order chi connectivity index (χ0) is 17.3. The number of nitrogens with one attached hydrogen (secondary N) is 1. The highest BCUT2D eigenvalue weighted by Crippen LogP contribution is 2.32. The topological polar surface area (TPSA) is 66.5 Å². The molecule has 1 aliphatic heterocycles. The molecule has 1 saturated heterocycles. The van der Waals surface area contributed by atoms with Gasteiger partial charge in [0.25, 0.3) is 11.8 Å². The van der Waals surface area contributed by atoms with E-state index in [2.05, 4.69) is 21.2 Å². The van der Waals surface area contributed by atoms with Crippen LogP contribution in [0.5, 0.6) is 0 Å². The number of urea groups is 1. The van der Waals surface area contributed by atoms with Crippen molar-refractivity contribution >= 4 is 51.1 Å². The van der Waals surface area contributed by atoms with Gasteiger partial charge in [-0.15, -0.1) is 0 Å². The molecule has 122 valence electrons. The summed E-state index contributed by atoms with van der Waals surface area (Å²) in [6.45, 7) is 0. The summed E-state index contributed by atoms with van der Waals surface area (Å²) in [5.74, 6) is -1.31. The van der Waals surface area contributed by atoms with Crippen LogP contribution in [0, 0.1) is 0 Å². The van der Waals surface area contributed by atoms with Crippen molar-refractivity contribution in [1.82, 2.24) is 5.32 Å². The average molecular weight is 408 g/mol. The van der Waals surface area contributed by atoms with E-state index in [-0.39, 0.29) is 6.42 Å². The van der Waals surface area contributed by atoms with Gasteiger partial charge in [0.15, 0.2) is 4.32 Å². The molecule has 0 aliphatic carbocycles. The molecule has 2 aromatic rings. The highest BCUT2D eigenvalue weighted by molar-refractivity contribution is 9.10. The maximum Gasteiger partial charge on any atom is 0.335 e. The van der Waals surface area contributed by atoms with E-state index >= 15 is 0 Å². The molecule has 1 fully saturated rings. The Kier molecular flexibility index (Phi) is 4.43. The van der Waals surface area contributed by atoms with E-state index in [1.165, 1.54) is 0 Å². The molecule has 2 aromatic carbocycles. The van der Waals surface area contributed by atoms with Gasteiger partial charge in [-0.1, -0.05) is 57.9 Å². The summed E-state index contributed by atoms with van der Waals surface area (Å²) in [6.07, 6.45) is 0.121. The van der Waals surface area contributed by atoms with Crippen LogP contribution >= 0.6 is 27.5 Å². The first kappa shape index (κ1) is 16.7. The third-order valence-corrected chi connectivity index (χ3v) is 4.93. The summed E-state index contributed by atoms with van der Waals surface area (Å²) in [5.41, 5.74) is 1.13. The van der Waals surface area contributed by atoms with E-state index in [4.69, 9.17) is 11.6 Å². The summed E-state index contributed by atoms with van der Waals surface area (Å²) in [6, 6.07) is 14.6. The molecule has 5 nitrogen and oxygen atoms in total. The zero-order valence-corrected chi connectivity index (χ0v) is 14.7. The van der Waals surface area contributed by atoms with E-state index in [1.54, 1.807) is 24.3 Å². The number of hydrogen-bond donors (Lipinski definition) is 1. The van der Waals surface area contributed by atoms with Gasteiger partial charge in [0.05, 0.1) is 5.69 Å². The standard InChI is InChI=1S/C17H12BrClN2O3/c18-17(10-11-4-2-1-3-5-11)14(22)20-16(24)21(15(17)23)13-8-6-12(19)7-9-13/h1-9H,10H2,(H,20,22,24). The van der Waals surface area contributed by atoms with Crippen LogP contribution in [0.25, 0.3) is 0 Å². The number of hydrogen-bond acceptors (Lipinski definition) is 3. The van der Waals surface area contributed by atoms with Gasteiger partial charge in [0, 0.05) is 11.4 Å². The lowest BCUT2D eigenvalue weighted by molar-refractivity contribution is -0.131. The van der Waals surface area contributed by atoms with Gasteiger partial charge in [-0.05, 0) is 29.8 Å². The monoisotopic (exact) mass is 406 g/mol. The first-order valence-corrected chi connectivity index (χ1v) is 8.27. The van der Waals surface area contributed by atoms with Crippen LogP contribution in [0.4, 0.5) is 10.5 Å². The summed E-state index contributed by atoms with van der Waals surface area (Å²) >= 11 is 9.10. The van der Waals surface area contributed by atoms with E-state index in [9.17, 15) is 14.4 Å². The van der Waals surface area contributed by atoms with Crippen molar-refractivity contribution in [3.05, 3.63) is 65.2 Å². The number of barbiturate groups is 1. The average Bonchev–Trinajstić information content (AvgIpc) is 2.56. The largest absolute Gasteiger partial charge is 0.335 e. The molecule has 1 aliphatic rings. The third kappa shape index (κ3) is 2.95. The van der Waals surface area contributed by atoms with Crippen molar-refractivity contribution < 1.29 is 14.4 Å². The first-order valence-electron chi connectivity index (χ1n) is 7.10. The molecule has 1 N–H and O–H groups in total. The maximum absolute atomic E-state index is 12.9. The quantitative estimate of drug-likeness (QED) is 0.627. The molecule has 7 heteroatoms. The number of rotatable bonds is 3. The van der Waals surface area contributed by atoms with Gasteiger partial charge < -0.3 is 0 Å². The smallest absolute Gasteiger partial charge is 0.276 e. The number of carbonyl (C=O) groups is 3. The predicted molar refractivity (Wildman–Crippen MR) is 94.3 cm³/mol. The Morgan fingerprint density at radius 1 is 1.00 bits per heavy atom. The minimum atomic E-state index is -1.55. The van der Waals surface area contributed by atoms with Crippen molar-refractivity contribution in [2.24, 2.45) is 0 Å². The number of nitrogens with zero attached hydrogens (tertiary/aromatic N) is 1.